The number of fused-ring (bicyclic) bond motifs is 1. The van der Waals surface area contributed by atoms with Crippen molar-refractivity contribution in [1.82, 2.24) is 4.98 Å². The van der Waals surface area contributed by atoms with Crippen molar-refractivity contribution in [3.05, 3.63) is 82.9 Å². The molecule has 1 N–H and O–H groups in total. The van der Waals surface area contributed by atoms with E-state index >= 15 is 0 Å². The van der Waals surface area contributed by atoms with Crippen molar-refractivity contribution in [2.75, 3.05) is 5.32 Å². The average Bonchev–Trinajstić information content (AvgIpc) is 3.07. The maximum absolute atomic E-state index is 13.3. The molecule has 0 atom stereocenters. The van der Waals surface area contributed by atoms with Crippen LogP contribution in [0, 0.1) is 11.6 Å². The third-order valence-corrected chi connectivity index (χ3v) is 4.26. The Morgan fingerprint density at radius 3 is 2.59 bits per heavy atom. The molecule has 4 aromatic rings. The summed E-state index contributed by atoms with van der Waals surface area (Å²) in [6.45, 7) is 0. The molecule has 3 aromatic carbocycles. The number of halogens is 3. The van der Waals surface area contributed by atoms with E-state index in [0.717, 1.165) is 12.1 Å². The fourth-order valence-electron chi connectivity index (χ4n) is 2.59. The molecule has 4 rings (SSSR count). The summed E-state index contributed by atoms with van der Waals surface area (Å²) >= 11 is 6.16. The van der Waals surface area contributed by atoms with Gasteiger partial charge in [0.25, 0.3) is 5.91 Å². The van der Waals surface area contributed by atoms with Crippen LogP contribution in [0.15, 0.2) is 65.1 Å². The minimum absolute atomic E-state index is 0.00308. The van der Waals surface area contributed by atoms with E-state index in [9.17, 15) is 13.6 Å². The van der Waals surface area contributed by atoms with Crippen molar-refractivity contribution >= 4 is 34.3 Å². The Hall–Kier alpha value is -3.25. The number of nitrogens with zero attached hydrogens (tertiary/aromatic N) is 1. The van der Waals surface area contributed by atoms with E-state index in [-0.39, 0.29) is 5.56 Å². The molecule has 0 aliphatic carbocycles. The lowest BCUT2D eigenvalue weighted by atomic mass is 10.2. The number of hydrogen-bond acceptors (Lipinski definition) is 3. The highest BCUT2D eigenvalue weighted by Crippen LogP contribution is 2.30. The van der Waals surface area contributed by atoms with Crippen molar-refractivity contribution in [1.29, 1.82) is 0 Å². The van der Waals surface area contributed by atoms with E-state index in [0.29, 0.717) is 33.3 Å². The molecule has 0 radical (unpaired) electrons. The number of benzene rings is 3. The Balaban J connectivity index is 1.62. The lowest BCUT2D eigenvalue weighted by molar-refractivity contribution is 0.102. The number of carbonyl (C=O) groups excluding carboxylic acids is 1. The topological polar surface area (TPSA) is 55.1 Å². The molecule has 0 aliphatic rings. The fourth-order valence-corrected chi connectivity index (χ4v) is 2.81. The zero-order valence-electron chi connectivity index (χ0n) is 13.7. The molecule has 7 heteroatoms. The van der Waals surface area contributed by atoms with Gasteiger partial charge in [-0.15, -0.1) is 0 Å². The predicted octanol–water partition coefficient (Wildman–Crippen LogP) is 5.68. The third-order valence-electron chi connectivity index (χ3n) is 3.93. The van der Waals surface area contributed by atoms with Gasteiger partial charge >= 0.3 is 0 Å². The Bertz CT molecular complexity index is 1170. The number of aromatic nitrogens is 1. The fraction of sp³-hybridized carbons (Fsp3) is 0. The summed E-state index contributed by atoms with van der Waals surface area (Å²) in [4.78, 5) is 16.6. The number of anilines is 1. The molecule has 0 unspecified atom stereocenters. The van der Waals surface area contributed by atoms with Gasteiger partial charge in [-0.05, 0) is 42.5 Å². The van der Waals surface area contributed by atoms with E-state index in [1.807, 2.05) is 6.07 Å². The number of rotatable bonds is 3. The van der Waals surface area contributed by atoms with Crippen LogP contribution in [0.3, 0.4) is 0 Å². The monoisotopic (exact) mass is 384 g/mol. The molecule has 1 heterocycles. The second-order valence-electron chi connectivity index (χ2n) is 5.76. The summed E-state index contributed by atoms with van der Waals surface area (Å²) < 4.78 is 32.0. The summed E-state index contributed by atoms with van der Waals surface area (Å²) in [7, 11) is 0. The van der Waals surface area contributed by atoms with Gasteiger partial charge < -0.3 is 9.73 Å². The Morgan fingerprint density at radius 1 is 1.00 bits per heavy atom. The van der Waals surface area contributed by atoms with Gasteiger partial charge in [-0.2, -0.15) is 0 Å². The molecule has 0 aliphatic heterocycles. The van der Waals surface area contributed by atoms with Crippen molar-refractivity contribution in [3.8, 4) is 11.5 Å². The number of hydrogen-bond donors (Lipinski definition) is 1. The summed E-state index contributed by atoms with van der Waals surface area (Å²) in [5.74, 6) is -2.31. The SMILES string of the molecule is O=C(Nc1ccc2nc(-c3ccccc3Cl)oc2c1)c1ccc(F)c(F)c1. The molecule has 0 fully saturated rings. The van der Waals surface area contributed by atoms with Crippen molar-refractivity contribution in [2.45, 2.75) is 0 Å². The van der Waals surface area contributed by atoms with E-state index in [4.69, 9.17) is 16.0 Å². The van der Waals surface area contributed by atoms with Gasteiger partial charge in [0.2, 0.25) is 5.89 Å². The van der Waals surface area contributed by atoms with E-state index in [1.54, 1.807) is 36.4 Å². The van der Waals surface area contributed by atoms with E-state index in [2.05, 4.69) is 10.3 Å². The van der Waals surface area contributed by atoms with Crippen LogP contribution < -0.4 is 5.32 Å². The smallest absolute Gasteiger partial charge is 0.255 e. The van der Waals surface area contributed by atoms with Gasteiger partial charge in [0.15, 0.2) is 17.2 Å². The predicted molar refractivity (Wildman–Crippen MR) is 98.8 cm³/mol. The van der Waals surface area contributed by atoms with E-state index in [1.165, 1.54) is 6.07 Å². The molecule has 0 saturated heterocycles. The van der Waals surface area contributed by atoms with Gasteiger partial charge in [-0.1, -0.05) is 23.7 Å². The second kappa shape index (κ2) is 6.81. The average molecular weight is 385 g/mol. The molecule has 0 bridgehead atoms. The molecule has 0 spiro atoms. The second-order valence-corrected chi connectivity index (χ2v) is 6.17. The lowest BCUT2D eigenvalue weighted by Crippen LogP contribution is -2.12. The number of nitrogens with one attached hydrogen (secondary N) is 1. The first-order valence-electron chi connectivity index (χ1n) is 7.93. The van der Waals surface area contributed by atoms with Crippen LogP contribution in [-0.4, -0.2) is 10.9 Å². The molecular weight excluding hydrogens is 374 g/mol. The quantitative estimate of drug-likeness (QED) is 0.494. The highest BCUT2D eigenvalue weighted by molar-refractivity contribution is 6.33. The first-order valence-corrected chi connectivity index (χ1v) is 8.31. The van der Waals surface area contributed by atoms with Crippen LogP contribution in [0.25, 0.3) is 22.6 Å². The third kappa shape index (κ3) is 3.39. The van der Waals surface area contributed by atoms with Gasteiger partial charge in [0, 0.05) is 17.3 Å². The number of amides is 1. The Kier molecular flexibility index (Phi) is 4.33. The van der Waals surface area contributed by atoms with Crippen LogP contribution in [0.5, 0.6) is 0 Å². The van der Waals surface area contributed by atoms with E-state index < -0.39 is 17.5 Å². The number of oxazole rings is 1. The Morgan fingerprint density at radius 2 is 1.81 bits per heavy atom. The van der Waals surface area contributed by atoms with Gasteiger partial charge in [0.05, 0.1) is 10.6 Å². The highest BCUT2D eigenvalue weighted by Gasteiger charge is 2.13. The largest absolute Gasteiger partial charge is 0.436 e. The summed E-state index contributed by atoms with van der Waals surface area (Å²) in [5.41, 5.74) is 2.13. The minimum atomic E-state index is -1.09. The molecule has 4 nitrogen and oxygen atoms in total. The van der Waals surface area contributed by atoms with Crippen molar-refractivity contribution < 1.29 is 18.0 Å². The van der Waals surface area contributed by atoms with Crippen LogP contribution in [0.1, 0.15) is 10.4 Å². The van der Waals surface area contributed by atoms with Gasteiger partial charge in [-0.3, -0.25) is 4.79 Å². The maximum Gasteiger partial charge on any atom is 0.255 e. The summed E-state index contributed by atoms with van der Waals surface area (Å²) in [6, 6.07) is 15.0. The van der Waals surface area contributed by atoms with Gasteiger partial charge in [0.1, 0.15) is 5.52 Å². The van der Waals surface area contributed by atoms with Crippen LogP contribution in [-0.2, 0) is 0 Å². The zero-order valence-corrected chi connectivity index (χ0v) is 14.4. The Labute approximate surface area is 157 Å². The van der Waals surface area contributed by atoms with Crippen LogP contribution in [0.2, 0.25) is 5.02 Å². The minimum Gasteiger partial charge on any atom is -0.436 e. The van der Waals surface area contributed by atoms with Crippen molar-refractivity contribution in [2.24, 2.45) is 0 Å². The number of carbonyl (C=O) groups is 1. The normalized spacial score (nSPS) is 10.9. The summed E-state index contributed by atoms with van der Waals surface area (Å²) in [6.07, 6.45) is 0. The van der Waals surface area contributed by atoms with Crippen LogP contribution in [0.4, 0.5) is 14.5 Å². The molecule has 1 amide bonds. The first kappa shape index (κ1) is 17.2. The molecule has 27 heavy (non-hydrogen) atoms. The molecular formula is C20H11ClF2N2O2. The molecule has 1 aromatic heterocycles. The van der Waals surface area contributed by atoms with Gasteiger partial charge in [-0.25, -0.2) is 13.8 Å². The molecule has 0 saturated carbocycles. The lowest BCUT2D eigenvalue weighted by Gasteiger charge is -2.05. The standard InChI is InChI=1S/C20H11ClF2N2O2/c21-14-4-2-1-3-13(14)20-25-17-8-6-12(10-18(17)27-20)24-19(26)11-5-7-15(22)16(23)9-11/h1-10H,(H,24,26). The summed E-state index contributed by atoms with van der Waals surface area (Å²) in [5, 5.41) is 3.13. The van der Waals surface area contributed by atoms with Crippen LogP contribution >= 0.6 is 11.6 Å². The first-order chi connectivity index (χ1) is 13.0. The highest BCUT2D eigenvalue weighted by atomic mass is 35.5. The molecule has 134 valence electrons. The van der Waals surface area contributed by atoms with Crippen molar-refractivity contribution in [3.63, 3.8) is 0 Å². The zero-order chi connectivity index (χ0) is 19.0. The maximum atomic E-state index is 13.3.